The Hall–Kier alpha value is -0.750. The summed E-state index contributed by atoms with van der Waals surface area (Å²) in [4.78, 5) is 3.91. The molecule has 3 rings (SSSR count). The Bertz CT molecular complexity index is 526. The van der Waals surface area contributed by atoms with Crippen molar-refractivity contribution in [2.45, 2.75) is 0 Å². The van der Waals surface area contributed by atoms with Gasteiger partial charge in [0.1, 0.15) is 4.88 Å². The van der Waals surface area contributed by atoms with Gasteiger partial charge in [-0.25, -0.2) is 0 Å². The van der Waals surface area contributed by atoms with E-state index in [0.29, 0.717) is 0 Å². The summed E-state index contributed by atoms with van der Waals surface area (Å²) >= 11 is 3.24. The van der Waals surface area contributed by atoms with Crippen LogP contribution in [-0.2, 0) is 0 Å². The monoisotopic (exact) mass is 282 g/mol. The highest BCUT2D eigenvalue weighted by Crippen LogP contribution is 2.47. The van der Waals surface area contributed by atoms with Gasteiger partial charge in [0, 0.05) is 4.88 Å². The minimum absolute atomic E-state index is 0.180. The maximum atomic E-state index is 12.2. The fourth-order valence-electron chi connectivity index (χ4n) is 1.38. The Balaban J connectivity index is 2.12. The van der Waals surface area contributed by atoms with E-state index in [1.807, 2.05) is 35.0 Å². The minimum atomic E-state index is 0.180. The van der Waals surface area contributed by atoms with Crippen LogP contribution in [0.1, 0.15) is 0 Å². The summed E-state index contributed by atoms with van der Waals surface area (Å²) in [5.74, 6) is 0.180. The maximum absolute atomic E-state index is 12.2. The molecular weight excluding hydrogens is 276 g/mol. The summed E-state index contributed by atoms with van der Waals surface area (Å²) in [5.41, 5.74) is 0. The zero-order chi connectivity index (χ0) is 11.0. The van der Waals surface area contributed by atoms with E-state index in [2.05, 4.69) is 0 Å². The highest BCUT2D eigenvalue weighted by molar-refractivity contribution is 7.72. The average Bonchev–Trinajstić information content (AvgIpc) is 2.96. The predicted octanol–water partition coefficient (Wildman–Crippen LogP) is 4.62. The fourth-order valence-corrected chi connectivity index (χ4v) is 5.94. The van der Waals surface area contributed by atoms with Crippen LogP contribution in [0.2, 0.25) is 0 Å². The first-order chi connectivity index (χ1) is 7.86. The summed E-state index contributed by atoms with van der Waals surface area (Å²) in [7, 11) is 3.16. The van der Waals surface area contributed by atoms with Gasteiger partial charge in [-0.15, -0.1) is 22.7 Å². The highest BCUT2D eigenvalue weighted by atomic mass is 32.9. The zero-order valence-electron chi connectivity index (χ0n) is 8.01. The Kier molecular flexibility index (Phi) is 2.77. The second kappa shape index (κ2) is 4.25. The molecule has 0 saturated carbocycles. The second-order valence-electron chi connectivity index (χ2n) is 3.11. The zero-order valence-corrected chi connectivity index (χ0v) is 11.3. The Morgan fingerprint density at radius 2 is 1.69 bits per heavy atom. The van der Waals surface area contributed by atoms with Crippen LogP contribution in [0.4, 0.5) is 0 Å². The molecule has 0 aliphatic heterocycles. The van der Waals surface area contributed by atoms with E-state index in [1.54, 1.807) is 43.4 Å². The molecule has 0 saturated heterocycles. The van der Waals surface area contributed by atoms with Crippen LogP contribution in [0.15, 0.2) is 35.0 Å². The maximum Gasteiger partial charge on any atom is 0.301 e. The van der Waals surface area contributed by atoms with Gasteiger partial charge in [-0.05, 0) is 28.6 Å². The van der Waals surface area contributed by atoms with Gasteiger partial charge in [0.15, 0.2) is 10.3 Å². The van der Waals surface area contributed by atoms with Crippen LogP contribution < -0.4 is 5.11 Å². The van der Waals surface area contributed by atoms with Crippen LogP contribution in [0.5, 0.6) is 5.75 Å². The number of rotatable bonds is 2. The molecule has 0 unspecified atom stereocenters. The second-order valence-corrected chi connectivity index (χ2v) is 7.15. The van der Waals surface area contributed by atoms with E-state index in [4.69, 9.17) is 0 Å². The molecule has 3 aromatic rings. The third-order valence-corrected chi connectivity index (χ3v) is 6.62. The van der Waals surface area contributed by atoms with Gasteiger partial charge in [-0.2, -0.15) is 0 Å². The van der Waals surface area contributed by atoms with Crippen molar-refractivity contribution >= 4 is 43.4 Å². The lowest BCUT2D eigenvalue weighted by atomic mass is 10.3. The predicted molar refractivity (Wildman–Crippen MR) is 72.7 cm³/mol. The first-order valence-corrected chi connectivity index (χ1v) is 8.48. The van der Waals surface area contributed by atoms with E-state index >= 15 is 0 Å². The molecule has 0 aliphatic rings. The fraction of sp³-hybridized carbons (Fsp3) is 0. The Morgan fingerprint density at radius 3 is 2.31 bits per heavy atom. The van der Waals surface area contributed by atoms with Crippen molar-refractivity contribution in [3.05, 3.63) is 35.0 Å². The van der Waals surface area contributed by atoms with Crippen LogP contribution in [0.3, 0.4) is 0 Å². The molecule has 0 bridgehead atoms. The van der Waals surface area contributed by atoms with Crippen molar-refractivity contribution in [1.82, 2.24) is 0 Å². The molecule has 1 nitrogen and oxygen atoms in total. The molecule has 0 radical (unpaired) electrons. The summed E-state index contributed by atoms with van der Waals surface area (Å²) in [6.45, 7) is 0. The average molecular weight is 282 g/mol. The quantitative estimate of drug-likeness (QED) is 0.497. The van der Waals surface area contributed by atoms with Gasteiger partial charge in [-0.1, -0.05) is 12.1 Å². The van der Waals surface area contributed by atoms with E-state index in [-0.39, 0.29) is 5.75 Å². The Labute approximate surface area is 108 Å². The molecule has 0 aromatic carbocycles. The van der Waals surface area contributed by atoms with E-state index in [9.17, 15) is 5.11 Å². The van der Waals surface area contributed by atoms with Gasteiger partial charge in [0.2, 0.25) is 0 Å². The number of thiophene rings is 2. The first kappa shape index (κ1) is 10.4. The van der Waals surface area contributed by atoms with Crippen molar-refractivity contribution in [1.29, 1.82) is 0 Å². The standard InChI is InChI=1S/C11H6OS4/c12-9-10(7-3-1-5-13-7)15-16-11(9)8-4-2-6-14-8/h1-6H. The van der Waals surface area contributed by atoms with Crippen molar-refractivity contribution in [3.8, 4) is 25.3 Å². The molecule has 3 heterocycles. The lowest BCUT2D eigenvalue weighted by Crippen LogP contribution is -1.89. The van der Waals surface area contributed by atoms with Gasteiger partial charge in [0.25, 0.3) is 4.88 Å². The van der Waals surface area contributed by atoms with Crippen LogP contribution in [-0.4, -0.2) is 0 Å². The molecule has 3 aromatic heterocycles. The summed E-state index contributed by atoms with van der Waals surface area (Å²) in [6, 6.07) is 7.97. The molecule has 80 valence electrons. The molecular formula is C11H6OS4. The first-order valence-electron chi connectivity index (χ1n) is 4.57. The van der Waals surface area contributed by atoms with Crippen molar-refractivity contribution in [2.75, 3.05) is 0 Å². The molecule has 0 aliphatic carbocycles. The molecule has 5 heteroatoms. The summed E-state index contributed by atoms with van der Waals surface area (Å²) in [5, 5.41) is 16.2. The van der Waals surface area contributed by atoms with E-state index in [0.717, 1.165) is 19.5 Å². The molecule has 0 amide bonds. The third-order valence-electron chi connectivity index (χ3n) is 2.11. The van der Waals surface area contributed by atoms with Gasteiger partial charge in [-0.3, -0.25) is 0 Å². The highest BCUT2D eigenvalue weighted by Gasteiger charge is 2.21. The SMILES string of the molecule is [O-]c1c(-c2cccs2)s[s+]c1-c1cccs1. The lowest BCUT2D eigenvalue weighted by molar-refractivity contribution is -0.265. The summed E-state index contributed by atoms with van der Waals surface area (Å²) < 4.78 is 0. The third kappa shape index (κ3) is 1.69. The summed E-state index contributed by atoms with van der Waals surface area (Å²) in [6.07, 6.45) is 0. The lowest BCUT2D eigenvalue weighted by Gasteiger charge is -2.01. The van der Waals surface area contributed by atoms with Crippen LogP contribution in [0, 0.1) is 0 Å². The molecule has 0 spiro atoms. The van der Waals surface area contributed by atoms with Crippen molar-refractivity contribution in [3.63, 3.8) is 0 Å². The van der Waals surface area contributed by atoms with Gasteiger partial charge >= 0.3 is 10.3 Å². The Morgan fingerprint density at radius 1 is 1.00 bits per heavy atom. The smallest absolute Gasteiger partial charge is 0.301 e. The molecule has 0 atom stereocenters. The van der Waals surface area contributed by atoms with Gasteiger partial charge in [0.05, 0.1) is 4.88 Å². The molecule has 16 heavy (non-hydrogen) atoms. The minimum Gasteiger partial charge on any atom is -0.867 e. The van der Waals surface area contributed by atoms with Crippen LogP contribution in [0.25, 0.3) is 19.5 Å². The molecule has 0 fully saturated rings. The van der Waals surface area contributed by atoms with Crippen LogP contribution >= 0.6 is 43.4 Å². The van der Waals surface area contributed by atoms with E-state index in [1.165, 1.54) is 0 Å². The normalized spacial score (nSPS) is 10.8. The topological polar surface area (TPSA) is 23.1 Å². The number of hydrogen-bond acceptors (Lipinski definition) is 4. The number of hydrogen-bond donors (Lipinski definition) is 0. The van der Waals surface area contributed by atoms with E-state index < -0.39 is 0 Å². The largest absolute Gasteiger partial charge is 0.867 e. The van der Waals surface area contributed by atoms with Crippen molar-refractivity contribution in [2.24, 2.45) is 0 Å². The van der Waals surface area contributed by atoms with Crippen molar-refractivity contribution < 1.29 is 5.11 Å². The van der Waals surface area contributed by atoms with Gasteiger partial charge < -0.3 is 5.11 Å². The molecule has 0 N–H and O–H groups in total.